The maximum Gasteiger partial charge on any atom is 0 e. The van der Waals surface area contributed by atoms with Gasteiger partial charge in [-0.3, -0.25) is 0 Å². The van der Waals surface area contributed by atoms with Crippen LogP contribution in [0.25, 0.3) is 0 Å². The second-order valence-corrected chi connectivity index (χ2v) is 0. The van der Waals surface area contributed by atoms with Crippen LogP contribution in [0.1, 0.15) is 7.43 Å². The second kappa shape index (κ2) is 43.7. The van der Waals surface area contributed by atoms with Gasteiger partial charge >= 0.3 is 0 Å². The van der Waals surface area contributed by atoms with E-state index in [1.807, 2.05) is 0 Å². The number of rotatable bonds is 0. The molecule has 0 spiro atoms. The number of hydrogen-bond acceptors (Lipinski definition) is 1. The Morgan fingerprint density at radius 1 is 1.00 bits per heavy atom. The normalized spacial score (nSPS) is 0. The van der Waals surface area contributed by atoms with Crippen molar-refractivity contribution in [2.45, 2.75) is 7.43 Å². The average molecular weight is 119 g/mol. The molecular formula is CH9CrNS. The van der Waals surface area contributed by atoms with Crippen LogP contribution in [-0.2, 0) is 17.4 Å². The van der Waals surface area contributed by atoms with Crippen LogP contribution in [0.4, 0.5) is 0 Å². The summed E-state index contributed by atoms with van der Waals surface area (Å²) in [5.41, 5.74) is 0. The topological polar surface area (TPSA) is 35.0 Å². The Labute approximate surface area is 44.9 Å². The van der Waals surface area contributed by atoms with Crippen LogP contribution in [-0.4, -0.2) is 0 Å². The van der Waals surface area contributed by atoms with Crippen LogP contribution in [0.15, 0.2) is 0 Å². The Morgan fingerprint density at radius 3 is 1.00 bits per heavy atom. The van der Waals surface area contributed by atoms with Crippen molar-refractivity contribution in [3.63, 3.8) is 0 Å². The number of hydrogen-bond donors (Lipinski definition) is 1. The summed E-state index contributed by atoms with van der Waals surface area (Å²) in [6.07, 6.45) is 0. The molecule has 0 aliphatic rings. The van der Waals surface area contributed by atoms with E-state index >= 15 is 0 Å². The third-order valence-corrected chi connectivity index (χ3v) is 0. The van der Waals surface area contributed by atoms with Crippen LogP contribution in [0.2, 0.25) is 0 Å². The van der Waals surface area contributed by atoms with Gasteiger partial charge in [-0.1, -0.05) is 7.43 Å². The van der Waals surface area contributed by atoms with Crippen molar-refractivity contribution in [2.75, 3.05) is 0 Å². The smallest absolute Gasteiger partial charge is 0 e. The molecule has 3 N–H and O–H groups in total. The molecule has 0 bridgehead atoms. The molecule has 0 saturated carbocycles. The van der Waals surface area contributed by atoms with Crippen LogP contribution in [0.3, 0.4) is 0 Å². The predicted octanol–water partition coefficient (Wildman–Crippen LogP) is 0.908. The fourth-order valence-corrected chi connectivity index (χ4v) is 0. The third-order valence-electron chi connectivity index (χ3n) is 0. The summed E-state index contributed by atoms with van der Waals surface area (Å²) in [5, 5.41) is 0. The minimum absolute atomic E-state index is 0. The van der Waals surface area contributed by atoms with E-state index in [0.717, 1.165) is 0 Å². The third kappa shape index (κ3) is 13.6. The van der Waals surface area contributed by atoms with Crippen LogP contribution in [0, 0.1) is 0 Å². The Balaban J connectivity index is 0. The zero-order chi connectivity index (χ0) is 0. The van der Waals surface area contributed by atoms with Crippen molar-refractivity contribution in [3.05, 3.63) is 0 Å². The Bertz CT molecular complexity index is 8.00. The standard InChI is InChI=1S/CH4.Cr.H3N.H2S/h1H4;;1H3;1H2. The van der Waals surface area contributed by atoms with Crippen molar-refractivity contribution < 1.29 is 17.4 Å². The molecule has 0 aliphatic heterocycles. The molecule has 0 aromatic rings. The minimum atomic E-state index is 0. The first-order valence-electron chi connectivity index (χ1n) is 0. The van der Waals surface area contributed by atoms with E-state index in [1.165, 1.54) is 0 Å². The molecule has 0 heterocycles. The van der Waals surface area contributed by atoms with Crippen molar-refractivity contribution in [2.24, 2.45) is 0 Å². The van der Waals surface area contributed by atoms with Crippen molar-refractivity contribution in [3.8, 4) is 0 Å². The van der Waals surface area contributed by atoms with Gasteiger partial charge in [0.2, 0.25) is 0 Å². The molecule has 0 saturated heterocycles. The molecule has 30 valence electrons. The van der Waals surface area contributed by atoms with Crippen LogP contribution < -0.4 is 6.15 Å². The molecule has 4 heavy (non-hydrogen) atoms. The van der Waals surface area contributed by atoms with Gasteiger partial charge in [-0.25, -0.2) is 0 Å². The SMILES string of the molecule is C.N.S.[Cr]. The van der Waals surface area contributed by atoms with Gasteiger partial charge in [-0.2, -0.15) is 13.5 Å². The fourth-order valence-electron chi connectivity index (χ4n) is 0. The Hall–Kier alpha value is 0.842. The monoisotopic (exact) mass is 119 g/mol. The predicted molar refractivity (Wildman–Crippen MR) is 22.1 cm³/mol. The average Bonchev–Trinajstić information content (AvgIpc) is 0. The van der Waals surface area contributed by atoms with Gasteiger partial charge in [0.1, 0.15) is 0 Å². The largest absolute Gasteiger partial charge is 0.344 e. The molecular weight excluding hydrogens is 110 g/mol. The van der Waals surface area contributed by atoms with Gasteiger partial charge in [0.05, 0.1) is 0 Å². The van der Waals surface area contributed by atoms with Gasteiger partial charge in [0.15, 0.2) is 0 Å². The molecule has 0 atom stereocenters. The van der Waals surface area contributed by atoms with Crippen molar-refractivity contribution in [1.29, 1.82) is 0 Å². The summed E-state index contributed by atoms with van der Waals surface area (Å²) in [6, 6.07) is 0. The molecule has 0 aromatic carbocycles. The first kappa shape index (κ1) is 101. The maximum absolute atomic E-state index is 0. The molecule has 1 nitrogen and oxygen atoms in total. The summed E-state index contributed by atoms with van der Waals surface area (Å²) in [6.45, 7) is 0. The van der Waals surface area contributed by atoms with Crippen molar-refractivity contribution >= 4 is 13.5 Å². The van der Waals surface area contributed by atoms with Crippen LogP contribution in [0.5, 0.6) is 0 Å². The second-order valence-electron chi connectivity index (χ2n) is 0. The van der Waals surface area contributed by atoms with E-state index in [-0.39, 0.29) is 44.4 Å². The minimum Gasteiger partial charge on any atom is -0.344 e. The zero-order valence-electron chi connectivity index (χ0n) is 1.62. The van der Waals surface area contributed by atoms with Gasteiger partial charge in [0.25, 0.3) is 0 Å². The van der Waals surface area contributed by atoms with E-state index in [1.54, 1.807) is 0 Å². The summed E-state index contributed by atoms with van der Waals surface area (Å²) >= 11 is 0. The van der Waals surface area contributed by atoms with E-state index in [9.17, 15) is 0 Å². The zero-order valence-corrected chi connectivity index (χ0v) is 3.89. The van der Waals surface area contributed by atoms with Gasteiger partial charge in [-0.05, 0) is 0 Å². The molecule has 0 aromatic heterocycles. The summed E-state index contributed by atoms with van der Waals surface area (Å²) in [4.78, 5) is 0. The van der Waals surface area contributed by atoms with E-state index in [4.69, 9.17) is 0 Å². The quantitative estimate of drug-likeness (QED) is 0.505. The molecule has 0 rings (SSSR count). The summed E-state index contributed by atoms with van der Waals surface area (Å²) in [5.74, 6) is 0. The maximum atomic E-state index is 0. The summed E-state index contributed by atoms with van der Waals surface area (Å²) < 4.78 is 0. The van der Waals surface area contributed by atoms with Gasteiger partial charge < -0.3 is 6.15 Å². The molecule has 0 unspecified atom stereocenters. The Morgan fingerprint density at radius 2 is 1.00 bits per heavy atom. The van der Waals surface area contributed by atoms with Crippen LogP contribution >= 0.6 is 13.5 Å². The summed E-state index contributed by atoms with van der Waals surface area (Å²) in [7, 11) is 0. The fraction of sp³-hybridized carbons (Fsp3) is 1.00. The van der Waals surface area contributed by atoms with E-state index < -0.39 is 0 Å². The molecule has 0 amide bonds. The molecule has 3 heteroatoms. The van der Waals surface area contributed by atoms with E-state index in [0.29, 0.717) is 0 Å². The van der Waals surface area contributed by atoms with Gasteiger partial charge in [-0.15, -0.1) is 0 Å². The Kier molecular flexibility index (Phi) is 1100. The van der Waals surface area contributed by atoms with Gasteiger partial charge in [0, 0.05) is 17.4 Å². The molecule has 0 fully saturated rings. The van der Waals surface area contributed by atoms with Crippen molar-refractivity contribution in [1.82, 2.24) is 6.15 Å². The first-order chi connectivity index (χ1) is 0. The first-order valence-corrected chi connectivity index (χ1v) is 0. The molecule has 0 radical (unpaired) electrons. The van der Waals surface area contributed by atoms with E-state index in [2.05, 4.69) is 0 Å². The molecule has 0 aliphatic carbocycles.